The van der Waals surface area contributed by atoms with Gasteiger partial charge in [-0.05, 0) is 42.7 Å². The number of nitrogens with one attached hydrogen (secondary N) is 3. The standard InChI is InChI=1S/C30H39N11O3S/c1-4-5-13-32-30(44)41(18(2)3)39-17-25(42)40-22(14-19-9-11-20(12-10-19)27-34-36-37-35-27)28(43)38(16-24(39)40)15-21-7-6-8-23-26(21)33-29(31)45-23/h6-12,18,22,24,29,33H,4-5,13-17,31H2,1-3H3,(H,32,44)(H,34,35,36,37)/t22-,24+,29?/m0/s1. The number of hydrogen-bond donors (Lipinski definition) is 4. The van der Waals surface area contributed by atoms with Crippen LogP contribution in [0.2, 0.25) is 0 Å². The molecule has 14 nitrogen and oxygen atoms in total. The number of unbranched alkanes of at least 4 members (excludes halogenated alkanes) is 1. The van der Waals surface area contributed by atoms with E-state index in [0.717, 1.165) is 40.1 Å². The molecule has 0 saturated carbocycles. The number of piperazine rings is 1. The fourth-order valence-corrected chi connectivity index (χ4v) is 7.16. The average Bonchev–Trinajstić information content (AvgIpc) is 3.75. The van der Waals surface area contributed by atoms with E-state index in [9.17, 15) is 14.4 Å². The Kier molecular flexibility index (Phi) is 8.92. The maximum absolute atomic E-state index is 14.3. The van der Waals surface area contributed by atoms with Gasteiger partial charge in [-0.15, -0.1) is 10.2 Å². The molecule has 3 atom stereocenters. The Balaban J connectivity index is 1.32. The molecule has 5 N–H and O–H groups in total. The average molecular weight is 634 g/mol. The van der Waals surface area contributed by atoms with Crippen molar-refractivity contribution in [3.63, 3.8) is 0 Å². The summed E-state index contributed by atoms with van der Waals surface area (Å²) in [6.45, 7) is 7.08. The summed E-state index contributed by atoms with van der Waals surface area (Å²) < 4.78 is 0. The number of fused-ring (bicyclic) bond motifs is 2. The van der Waals surface area contributed by atoms with Gasteiger partial charge in [0.1, 0.15) is 17.7 Å². The van der Waals surface area contributed by atoms with E-state index in [2.05, 4.69) is 38.2 Å². The zero-order valence-corrected chi connectivity index (χ0v) is 26.5. The molecule has 0 radical (unpaired) electrons. The Labute approximate surface area is 266 Å². The van der Waals surface area contributed by atoms with Crippen LogP contribution in [0.25, 0.3) is 11.4 Å². The molecule has 3 aliphatic heterocycles. The maximum atomic E-state index is 14.3. The zero-order valence-electron chi connectivity index (χ0n) is 25.6. The van der Waals surface area contributed by atoms with Crippen molar-refractivity contribution in [2.45, 2.75) is 75.2 Å². The van der Waals surface area contributed by atoms with Crippen LogP contribution in [0.15, 0.2) is 47.4 Å². The lowest BCUT2D eigenvalue weighted by Crippen LogP contribution is -2.66. The van der Waals surface area contributed by atoms with E-state index in [4.69, 9.17) is 5.73 Å². The number of anilines is 1. The fourth-order valence-electron chi connectivity index (χ4n) is 6.25. The summed E-state index contributed by atoms with van der Waals surface area (Å²) in [7, 11) is 0. The first-order chi connectivity index (χ1) is 21.7. The van der Waals surface area contributed by atoms with Gasteiger partial charge in [-0.25, -0.2) is 4.79 Å². The van der Waals surface area contributed by atoms with Crippen LogP contribution in [-0.2, 0) is 22.6 Å². The van der Waals surface area contributed by atoms with Crippen molar-refractivity contribution in [1.82, 2.24) is 45.8 Å². The van der Waals surface area contributed by atoms with Crippen molar-refractivity contribution in [2.24, 2.45) is 5.73 Å². The molecule has 2 saturated heterocycles. The second-order valence-electron chi connectivity index (χ2n) is 11.7. The number of rotatable bonds is 10. The van der Waals surface area contributed by atoms with Gasteiger partial charge < -0.3 is 26.2 Å². The maximum Gasteiger partial charge on any atom is 0.332 e. The number of carbonyl (C=O) groups is 3. The molecular formula is C30H39N11O3S. The molecule has 6 rings (SSSR count). The van der Waals surface area contributed by atoms with Crippen molar-refractivity contribution < 1.29 is 14.4 Å². The van der Waals surface area contributed by atoms with Gasteiger partial charge in [0.05, 0.1) is 18.8 Å². The van der Waals surface area contributed by atoms with Gasteiger partial charge in [0.2, 0.25) is 17.6 Å². The number of H-pyrrole nitrogens is 1. The molecule has 45 heavy (non-hydrogen) atoms. The van der Waals surface area contributed by atoms with E-state index in [1.54, 1.807) is 21.7 Å². The van der Waals surface area contributed by atoms with Crippen LogP contribution in [0.4, 0.5) is 10.5 Å². The van der Waals surface area contributed by atoms with Crippen molar-refractivity contribution in [1.29, 1.82) is 0 Å². The molecule has 1 unspecified atom stereocenters. The summed E-state index contributed by atoms with van der Waals surface area (Å²) in [5.74, 6) is 0.151. The highest BCUT2D eigenvalue weighted by Crippen LogP contribution is 2.40. The van der Waals surface area contributed by atoms with Gasteiger partial charge in [-0.3, -0.25) is 14.6 Å². The third-order valence-electron chi connectivity index (χ3n) is 8.35. The number of para-hydroxylation sites is 1. The number of hydrogen-bond acceptors (Lipinski definition) is 10. The number of nitrogens with zero attached hydrogens (tertiary/aromatic N) is 7. The van der Waals surface area contributed by atoms with Crippen LogP contribution in [0, 0.1) is 0 Å². The minimum absolute atomic E-state index is 0.00617. The summed E-state index contributed by atoms with van der Waals surface area (Å²) >= 11 is 1.54. The molecule has 3 aromatic rings. The summed E-state index contributed by atoms with van der Waals surface area (Å²) in [5, 5.41) is 24.0. The van der Waals surface area contributed by atoms with E-state index in [-0.39, 0.29) is 42.5 Å². The normalized spacial score (nSPS) is 21.2. The third-order valence-corrected chi connectivity index (χ3v) is 9.31. The molecule has 15 heteroatoms. The highest BCUT2D eigenvalue weighted by atomic mass is 32.2. The SMILES string of the molecule is CCCCNC(=O)N(C(C)C)N1CC(=O)N2[C@@H](Cc3ccc(-c4nn[nH]n4)cc3)C(=O)N(Cc3cccc4c3NC(N)S4)C[C@@H]21. The molecule has 0 bridgehead atoms. The molecule has 2 aromatic carbocycles. The predicted octanol–water partition coefficient (Wildman–Crippen LogP) is 2.19. The van der Waals surface area contributed by atoms with Crippen LogP contribution < -0.4 is 16.4 Å². The third kappa shape index (κ3) is 6.19. The molecule has 4 amide bonds. The van der Waals surface area contributed by atoms with Crippen LogP contribution in [0.3, 0.4) is 0 Å². The molecular weight excluding hydrogens is 594 g/mol. The Morgan fingerprint density at radius 2 is 2.00 bits per heavy atom. The fraction of sp³-hybridized carbons (Fsp3) is 0.467. The van der Waals surface area contributed by atoms with E-state index in [1.165, 1.54) is 0 Å². The minimum atomic E-state index is -0.754. The minimum Gasteiger partial charge on any atom is -0.360 e. The van der Waals surface area contributed by atoms with Gasteiger partial charge >= 0.3 is 6.03 Å². The lowest BCUT2D eigenvalue weighted by Gasteiger charge is -2.47. The van der Waals surface area contributed by atoms with Crippen molar-refractivity contribution in [3.8, 4) is 11.4 Å². The molecule has 238 valence electrons. The van der Waals surface area contributed by atoms with Crippen molar-refractivity contribution in [2.75, 3.05) is 25.0 Å². The number of benzene rings is 2. The van der Waals surface area contributed by atoms with E-state index >= 15 is 0 Å². The number of aromatic nitrogens is 4. The number of hydrazine groups is 1. The number of thioether (sulfide) groups is 1. The largest absolute Gasteiger partial charge is 0.360 e. The lowest BCUT2D eigenvalue weighted by molar-refractivity contribution is -0.158. The Morgan fingerprint density at radius 3 is 2.71 bits per heavy atom. The van der Waals surface area contributed by atoms with E-state index in [0.29, 0.717) is 25.3 Å². The summed E-state index contributed by atoms with van der Waals surface area (Å²) in [4.78, 5) is 46.0. The lowest BCUT2D eigenvalue weighted by atomic mass is 9.99. The molecule has 0 spiro atoms. The van der Waals surface area contributed by atoms with Gasteiger partial charge in [-0.2, -0.15) is 10.2 Å². The molecule has 1 aromatic heterocycles. The summed E-state index contributed by atoms with van der Waals surface area (Å²) in [6.07, 6.45) is 1.62. The number of urea groups is 1. The highest BCUT2D eigenvalue weighted by molar-refractivity contribution is 8.00. The Morgan fingerprint density at radius 1 is 1.20 bits per heavy atom. The number of carbonyl (C=O) groups excluding carboxylic acids is 3. The highest BCUT2D eigenvalue weighted by Gasteiger charge is 2.52. The monoisotopic (exact) mass is 633 g/mol. The predicted molar refractivity (Wildman–Crippen MR) is 169 cm³/mol. The van der Waals surface area contributed by atoms with Crippen molar-refractivity contribution >= 4 is 35.3 Å². The van der Waals surface area contributed by atoms with Gasteiger partial charge in [-0.1, -0.05) is 61.5 Å². The first-order valence-electron chi connectivity index (χ1n) is 15.3. The van der Waals surface area contributed by atoms with Gasteiger partial charge in [0, 0.05) is 36.0 Å². The van der Waals surface area contributed by atoms with E-state index < -0.39 is 12.2 Å². The number of nitrogens with two attached hydrogens (primary N) is 1. The van der Waals surface area contributed by atoms with Crippen molar-refractivity contribution in [3.05, 3.63) is 53.6 Å². The number of tetrazole rings is 1. The van der Waals surface area contributed by atoms with Crippen LogP contribution in [-0.4, -0.2) is 102 Å². The molecule has 3 aliphatic rings. The zero-order chi connectivity index (χ0) is 31.7. The first kappa shape index (κ1) is 30.8. The summed E-state index contributed by atoms with van der Waals surface area (Å²) in [5.41, 5.74) is 9.46. The number of amides is 4. The summed E-state index contributed by atoms with van der Waals surface area (Å²) in [6, 6.07) is 12.4. The Bertz CT molecular complexity index is 1530. The molecule has 2 fully saturated rings. The molecule has 4 heterocycles. The first-order valence-corrected chi connectivity index (χ1v) is 16.2. The molecule has 0 aliphatic carbocycles. The van der Waals surface area contributed by atoms with E-state index in [1.807, 2.05) is 66.2 Å². The topological polar surface area (TPSA) is 169 Å². The second kappa shape index (κ2) is 13.0. The van der Waals surface area contributed by atoms with Crippen LogP contribution in [0.5, 0.6) is 0 Å². The Hall–Kier alpha value is -4.21. The smallest absolute Gasteiger partial charge is 0.332 e. The van der Waals surface area contributed by atoms with Crippen LogP contribution >= 0.6 is 11.8 Å². The quantitative estimate of drug-likeness (QED) is 0.243. The second-order valence-corrected chi connectivity index (χ2v) is 12.9. The number of aromatic amines is 1. The van der Waals surface area contributed by atoms with Gasteiger partial charge in [0.15, 0.2) is 0 Å². The van der Waals surface area contributed by atoms with Crippen LogP contribution in [0.1, 0.15) is 44.7 Å². The van der Waals surface area contributed by atoms with Gasteiger partial charge in [0.25, 0.3) is 0 Å².